The van der Waals surface area contributed by atoms with E-state index in [2.05, 4.69) is 20.8 Å². The van der Waals surface area contributed by atoms with Gasteiger partial charge in [-0.3, -0.25) is 14.3 Å². The fourth-order valence-electron chi connectivity index (χ4n) is 3.15. The van der Waals surface area contributed by atoms with E-state index < -0.39 is 0 Å². The van der Waals surface area contributed by atoms with Crippen molar-refractivity contribution in [3.8, 4) is 0 Å². The third-order valence-corrected chi connectivity index (χ3v) is 4.38. The second-order valence-electron chi connectivity index (χ2n) is 6.64. The SMILES string of the molecule is CC(C)c1nn(CC(=O)N[C@@H]2CCCNC2)c(=O)c2c1cnn2C.Cl. The fourth-order valence-corrected chi connectivity index (χ4v) is 3.15. The van der Waals surface area contributed by atoms with Crippen molar-refractivity contribution < 1.29 is 4.79 Å². The first-order valence-corrected chi connectivity index (χ1v) is 8.40. The molecule has 1 aliphatic heterocycles. The maximum atomic E-state index is 12.7. The summed E-state index contributed by atoms with van der Waals surface area (Å²) in [6, 6.07) is 0.118. The number of piperidine rings is 1. The summed E-state index contributed by atoms with van der Waals surface area (Å²) in [5.74, 6) is -0.0521. The van der Waals surface area contributed by atoms with Gasteiger partial charge in [-0.15, -0.1) is 12.4 Å². The van der Waals surface area contributed by atoms with Crippen LogP contribution in [0.2, 0.25) is 0 Å². The molecule has 1 fully saturated rings. The number of aromatic nitrogens is 4. The molecule has 3 rings (SSSR count). The molecular weight excluding hydrogens is 344 g/mol. The standard InChI is InChI=1S/C16H24N6O2.ClH/c1-10(2)14-12-8-18-21(3)15(12)16(24)22(20-14)9-13(23)19-11-5-4-6-17-7-11;/h8,10-11,17H,4-7,9H2,1-3H3,(H,19,23);1H/t11-;/m1./s1. The van der Waals surface area contributed by atoms with E-state index in [-0.39, 0.29) is 42.4 Å². The number of carbonyl (C=O) groups excluding carboxylic acids is 1. The maximum absolute atomic E-state index is 12.7. The Morgan fingerprint density at radius 1 is 1.48 bits per heavy atom. The Kier molecular flexibility index (Phi) is 6.18. The van der Waals surface area contributed by atoms with Gasteiger partial charge >= 0.3 is 0 Å². The lowest BCUT2D eigenvalue weighted by Gasteiger charge is -2.23. The lowest BCUT2D eigenvalue weighted by molar-refractivity contribution is -0.122. The predicted octanol–water partition coefficient (Wildman–Crippen LogP) is 0.543. The summed E-state index contributed by atoms with van der Waals surface area (Å²) in [6.07, 6.45) is 3.66. The van der Waals surface area contributed by atoms with Gasteiger partial charge in [-0.1, -0.05) is 13.8 Å². The van der Waals surface area contributed by atoms with Crippen molar-refractivity contribution in [1.82, 2.24) is 30.2 Å². The summed E-state index contributed by atoms with van der Waals surface area (Å²) < 4.78 is 2.80. The number of fused-ring (bicyclic) bond motifs is 1. The van der Waals surface area contributed by atoms with Crippen LogP contribution in [0.4, 0.5) is 0 Å². The Bertz CT molecular complexity index is 807. The van der Waals surface area contributed by atoms with Crippen LogP contribution >= 0.6 is 12.4 Å². The van der Waals surface area contributed by atoms with E-state index in [1.54, 1.807) is 17.9 Å². The van der Waals surface area contributed by atoms with Crippen molar-refractivity contribution >= 4 is 29.2 Å². The summed E-state index contributed by atoms with van der Waals surface area (Å²) in [5.41, 5.74) is 0.983. The van der Waals surface area contributed by atoms with Gasteiger partial charge in [-0.2, -0.15) is 10.2 Å². The summed E-state index contributed by atoms with van der Waals surface area (Å²) >= 11 is 0. The van der Waals surface area contributed by atoms with Gasteiger partial charge in [0.05, 0.1) is 11.9 Å². The molecule has 1 amide bonds. The number of halogens is 1. The number of hydrogen-bond donors (Lipinski definition) is 2. The van der Waals surface area contributed by atoms with Crippen molar-refractivity contribution in [1.29, 1.82) is 0 Å². The van der Waals surface area contributed by atoms with Crippen LogP contribution in [-0.4, -0.2) is 44.6 Å². The number of nitrogens with zero attached hydrogens (tertiary/aromatic N) is 4. The molecule has 8 nitrogen and oxygen atoms in total. The molecule has 138 valence electrons. The van der Waals surface area contributed by atoms with Crippen LogP contribution in [0.5, 0.6) is 0 Å². The highest BCUT2D eigenvalue weighted by molar-refractivity contribution is 5.85. The van der Waals surface area contributed by atoms with Crippen molar-refractivity contribution in [2.24, 2.45) is 7.05 Å². The molecule has 2 aromatic heterocycles. The van der Waals surface area contributed by atoms with E-state index in [1.165, 1.54) is 4.68 Å². The molecule has 0 radical (unpaired) electrons. The average Bonchev–Trinajstić information content (AvgIpc) is 2.93. The molecule has 0 spiro atoms. The first-order valence-electron chi connectivity index (χ1n) is 8.40. The minimum Gasteiger partial charge on any atom is -0.350 e. The third-order valence-electron chi connectivity index (χ3n) is 4.38. The molecule has 0 aliphatic carbocycles. The van der Waals surface area contributed by atoms with Crippen molar-refractivity contribution in [2.75, 3.05) is 13.1 Å². The van der Waals surface area contributed by atoms with Gasteiger partial charge in [-0.05, 0) is 25.3 Å². The van der Waals surface area contributed by atoms with E-state index >= 15 is 0 Å². The lowest BCUT2D eigenvalue weighted by atomic mass is 10.1. The van der Waals surface area contributed by atoms with Gasteiger partial charge in [0.1, 0.15) is 12.1 Å². The Hall–Kier alpha value is -1.93. The first-order chi connectivity index (χ1) is 11.5. The molecule has 0 aromatic carbocycles. The van der Waals surface area contributed by atoms with Crippen LogP contribution < -0.4 is 16.2 Å². The number of carbonyl (C=O) groups is 1. The van der Waals surface area contributed by atoms with Gasteiger partial charge in [0.2, 0.25) is 5.91 Å². The largest absolute Gasteiger partial charge is 0.350 e. The van der Waals surface area contributed by atoms with Gasteiger partial charge in [0.25, 0.3) is 5.56 Å². The summed E-state index contributed by atoms with van der Waals surface area (Å²) in [6.45, 7) is 5.71. The van der Waals surface area contributed by atoms with Crippen LogP contribution in [0.1, 0.15) is 38.3 Å². The minimum atomic E-state index is -0.286. The molecule has 1 atom stereocenters. The minimum absolute atomic E-state index is 0. The number of amides is 1. The zero-order chi connectivity index (χ0) is 17.3. The Labute approximate surface area is 152 Å². The number of rotatable bonds is 4. The zero-order valence-corrected chi connectivity index (χ0v) is 15.6. The van der Waals surface area contributed by atoms with Crippen LogP contribution in [-0.2, 0) is 18.4 Å². The van der Waals surface area contributed by atoms with E-state index in [1.807, 2.05) is 13.8 Å². The molecular formula is C16H25ClN6O2. The van der Waals surface area contributed by atoms with Gasteiger partial charge in [0, 0.05) is 25.0 Å². The molecule has 2 aromatic rings. The maximum Gasteiger partial charge on any atom is 0.293 e. The number of nitrogens with one attached hydrogen (secondary N) is 2. The van der Waals surface area contributed by atoms with E-state index in [4.69, 9.17) is 0 Å². The lowest BCUT2D eigenvalue weighted by Crippen LogP contribution is -2.47. The fraction of sp³-hybridized carbons (Fsp3) is 0.625. The van der Waals surface area contributed by atoms with Crippen molar-refractivity contribution in [2.45, 2.75) is 45.2 Å². The van der Waals surface area contributed by atoms with Crippen LogP contribution in [0.25, 0.3) is 10.9 Å². The molecule has 1 aliphatic rings. The third kappa shape index (κ3) is 4.01. The van der Waals surface area contributed by atoms with E-state index in [0.717, 1.165) is 37.0 Å². The number of aryl methyl sites for hydroxylation is 1. The molecule has 3 heterocycles. The Morgan fingerprint density at radius 3 is 2.88 bits per heavy atom. The van der Waals surface area contributed by atoms with Crippen LogP contribution in [0.3, 0.4) is 0 Å². The van der Waals surface area contributed by atoms with Crippen LogP contribution in [0, 0.1) is 0 Å². The molecule has 0 saturated carbocycles. The molecule has 0 unspecified atom stereocenters. The van der Waals surface area contributed by atoms with E-state index in [9.17, 15) is 9.59 Å². The Morgan fingerprint density at radius 2 is 2.24 bits per heavy atom. The summed E-state index contributed by atoms with van der Waals surface area (Å²) in [7, 11) is 1.73. The zero-order valence-electron chi connectivity index (χ0n) is 14.8. The highest BCUT2D eigenvalue weighted by atomic mass is 35.5. The normalized spacial score (nSPS) is 17.5. The molecule has 9 heteroatoms. The van der Waals surface area contributed by atoms with Gasteiger partial charge in [0.15, 0.2) is 0 Å². The quantitative estimate of drug-likeness (QED) is 0.821. The van der Waals surface area contributed by atoms with Crippen molar-refractivity contribution in [3.63, 3.8) is 0 Å². The smallest absolute Gasteiger partial charge is 0.293 e. The second kappa shape index (κ2) is 7.97. The highest BCUT2D eigenvalue weighted by Gasteiger charge is 2.20. The molecule has 2 N–H and O–H groups in total. The summed E-state index contributed by atoms with van der Waals surface area (Å²) in [4.78, 5) is 25.0. The van der Waals surface area contributed by atoms with E-state index in [0.29, 0.717) is 5.52 Å². The average molecular weight is 369 g/mol. The Balaban J connectivity index is 0.00000225. The molecule has 25 heavy (non-hydrogen) atoms. The number of hydrogen-bond acceptors (Lipinski definition) is 5. The van der Waals surface area contributed by atoms with Gasteiger partial charge in [-0.25, -0.2) is 4.68 Å². The van der Waals surface area contributed by atoms with Crippen molar-refractivity contribution in [3.05, 3.63) is 22.2 Å². The summed E-state index contributed by atoms with van der Waals surface area (Å²) in [5, 5.41) is 15.6. The molecule has 1 saturated heterocycles. The topological polar surface area (TPSA) is 93.8 Å². The second-order valence-corrected chi connectivity index (χ2v) is 6.64. The van der Waals surface area contributed by atoms with Crippen LogP contribution in [0.15, 0.2) is 11.0 Å². The first kappa shape index (κ1) is 19.4. The highest BCUT2D eigenvalue weighted by Crippen LogP contribution is 2.20. The molecule has 0 bridgehead atoms. The monoisotopic (exact) mass is 368 g/mol. The van der Waals surface area contributed by atoms with Gasteiger partial charge < -0.3 is 10.6 Å². The predicted molar refractivity (Wildman–Crippen MR) is 98.1 cm³/mol.